The zero-order valence-electron chi connectivity index (χ0n) is 16.2. The average Bonchev–Trinajstić information content (AvgIpc) is 2.66. The van der Waals surface area contributed by atoms with Gasteiger partial charge in [-0.1, -0.05) is 67.7 Å². The standard InChI is InChI=1S/C22H32NO4/c1-2-22(25)21(23(26)27)19-17-15-13-11-9-7-5-3-4-6-8-10-12-14-16-18-20-24/h3,5-6,8-9,11-12,14-15,17,21-22,25H,2,4,7,10,13,16,18-19H2,1H3/b5-3-,8-6-,11-9-,14-12-,17-15-. The highest BCUT2D eigenvalue weighted by atomic mass is 16.6. The van der Waals surface area contributed by atoms with E-state index in [-0.39, 0.29) is 6.42 Å². The Bertz CT molecular complexity index is 532. The summed E-state index contributed by atoms with van der Waals surface area (Å²) in [5.41, 5.74) is 0. The number of hydrogen-bond acceptors (Lipinski definition) is 4. The maximum atomic E-state index is 10.9. The van der Waals surface area contributed by atoms with Gasteiger partial charge in [-0.05, 0) is 38.5 Å². The van der Waals surface area contributed by atoms with Crippen LogP contribution in [0.5, 0.6) is 0 Å². The van der Waals surface area contributed by atoms with Gasteiger partial charge >= 0.3 is 0 Å². The number of unbranched alkanes of at least 4 members (excludes halogenated alkanes) is 1. The van der Waals surface area contributed by atoms with Crippen molar-refractivity contribution in [1.29, 1.82) is 0 Å². The van der Waals surface area contributed by atoms with Gasteiger partial charge in [-0.2, -0.15) is 0 Å². The number of nitrogens with zero attached hydrogens (tertiary/aromatic N) is 1. The first-order chi connectivity index (χ1) is 13.1. The molecule has 1 N–H and O–H groups in total. The van der Waals surface area contributed by atoms with Gasteiger partial charge in [0.1, 0.15) is 6.10 Å². The fourth-order valence-electron chi connectivity index (χ4n) is 2.24. The molecule has 1 radical (unpaired) electrons. The van der Waals surface area contributed by atoms with Crippen LogP contribution in [0.4, 0.5) is 0 Å². The quantitative estimate of drug-likeness (QED) is 0.178. The lowest BCUT2D eigenvalue weighted by Crippen LogP contribution is -2.32. The molecule has 0 aliphatic rings. The second-order valence-corrected chi connectivity index (χ2v) is 6.05. The van der Waals surface area contributed by atoms with Gasteiger partial charge in [-0.25, -0.2) is 0 Å². The minimum atomic E-state index is -0.920. The number of aliphatic hydroxyl groups is 1. The van der Waals surface area contributed by atoms with E-state index in [1.165, 1.54) is 0 Å². The Morgan fingerprint density at radius 1 is 0.889 bits per heavy atom. The smallest absolute Gasteiger partial charge is 0.241 e. The third-order valence-electron chi connectivity index (χ3n) is 3.85. The molecule has 0 fully saturated rings. The molecule has 0 amide bonds. The molecule has 2 unspecified atom stereocenters. The van der Waals surface area contributed by atoms with Gasteiger partial charge in [0.05, 0.1) is 0 Å². The number of rotatable bonds is 16. The monoisotopic (exact) mass is 374 g/mol. The number of aliphatic hydroxyl groups excluding tert-OH is 1. The van der Waals surface area contributed by atoms with Crippen LogP contribution in [0.3, 0.4) is 0 Å². The molecule has 0 saturated heterocycles. The first-order valence-electron chi connectivity index (χ1n) is 9.55. The zero-order chi connectivity index (χ0) is 20.2. The summed E-state index contributed by atoms with van der Waals surface area (Å²) in [5.74, 6) is 0. The molecule has 2 atom stereocenters. The molecule has 149 valence electrons. The Morgan fingerprint density at radius 2 is 1.33 bits per heavy atom. The van der Waals surface area contributed by atoms with Crippen LogP contribution in [0, 0.1) is 10.1 Å². The van der Waals surface area contributed by atoms with Crippen LogP contribution in [0.25, 0.3) is 0 Å². The maximum absolute atomic E-state index is 10.9. The molecule has 0 bridgehead atoms. The number of allylic oxidation sites excluding steroid dienone is 9. The molecule has 0 aromatic carbocycles. The minimum Gasteiger partial charge on any atom is -0.386 e. The highest BCUT2D eigenvalue weighted by molar-refractivity contribution is 5.50. The minimum absolute atomic E-state index is 0.257. The van der Waals surface area contributed by atoms with Crippen molar-refractivity contribution in [3.8, 4) is 0 Å². The molecule has 5 heteroatoms. The van der Waals surface area contributed by atoms with Crippen molar-refractivity contribution < 1.29 is 14.8 Å². The van der Waals surface area contributed by atoms with Crippen LogP contribution in [0.15, 0.2) is 60.8 Å². The van der Waals surface area contributed by atoms with Gasteiger partial charge < -0.3 is 5.11 Å². The van der Waals surface area contributed by atoms with E-state index in [0.29, 0.717) is 12.8 Å². The molecular formula is C22H32NO4. The molecule has 5 nitrogen and oxygen atoms in total. The maximum Gasteiger partial charge on any atom is 0.241 e. The van der Waals surface area contributed by atoms with Gasteiger partial charge in [0.15, 0.2) is 6.29 Å². The van der Waals surface area contributed by atoms with Crippen molar-refractivity contribution in [2.24, 2.45) is 0 Å². The zero-order valence-corrected chi connectivity index (χ0v) is 16.2. The summed E-state index contributed by atoms with van der Waals surface area (Å²) in [4.78, 5) is 20.5. The lowest BCUT2D eigenvalue weighted by molar-refractivity contribution is -0.533. The van der Waals surface area contributed by atoms with Gasteiger partial charge in [-0.3, -0.25) is 14.9 Å². The molecule has 27 heavy (non-hydrogen) atoms. The summed E-state index contributed by atoms with van der Waals surface area (Å²) >= 11 is 0. The third kappa shape index (κ3) is 15.7. The topological polar surface area (TPSA) is 80.4 Å². The van der Waals surface area contributed by atoms with E-state index in [1.807, 2.05) is 30.6 Å². The highest BCUT2D eigenvalue weighted by Gasteiger charge is 2.26. The summed E-state index contributed by atoms with van der Waals surface area (Å²) in [6, 6.07) is -0.920. The third-order valence-corrected chi connectivity index (χ3v) is 3.85. The van der Waals surface area contributed by atoms with Crippen molar-refractivity contribution in [1.82, 2.24) is 0 Å². The van der Waals surface area contributed by atoms with Gasteiger partial charge in [0.25, 0.3) is 0 Å². The lowest BCUT2D eigenvalue weighted by Gasteiger charge is -2.12. The Hall–Kier alpha value is -2.27. The van der Waals surface area contributed by atoms with Crippen molar-refractivity contribution in [2.45, 2.75) is 70.4 Å². The van der Waals surface area contributed by atoms with Crippen LogP contribution in [0.2, 0.25) is 0 Å². The van der Waals surface area contributed by atoms with E-state index in [4.69, 9.17) is 0 Å². The Kier molecular flexibility index (Phi) is 17.0. The fourth-order valence-corrected chi connectivity index (χ4v) is 2.24. The van der Waals surface area contributed by atoms with E-state index in [2.05, 4.69) is 30.4 Å². The van der Waals surface area contributed by atoms with E-state index in [0.717, 1.165) is 32.1 Å². The largest absolute Gasteiger partial charge is 0.386 e. The summed E-state index contributed by atoms with van der Waals surface area (Å²) < 4.78 is 0. The van der Waals surface area contributed by atoms with E-state index in [1.54, 1.807) is 13.0 Å². The molecule has 0 aromatic heterocycles. The number of carbonyl (C=O) groups excluding carboxylic acids is 1. The van der Waals surface area contributed by atoms with Crippen molar-refractivity contribution in [2.75, 3.05) is 0 Å². The van der Waals surface area contributed by atoms with Crippen LogP contribution in [0.1, 0.15) is 58.3 Å². The van der Waals surface area contributed by atoms with E-state index >= 15 is 0 Å². The predicted molar refractivity (Wildman–Crippen MR) is 111 cm³/mol. The highest BCUT2D eigenvalue weighted by Crippen LogP contribution is 2.08. The van der Waals surface area contributed by atoms with Crippen molar-refractivity contribution >= 4 is 6.29 Å². The first kappa shape index (κ1) is 24.7. The Morgan fingerprint density at radius 3 is 1.74 bits per heavy atom. The van der Waals surface area contributed by atoms with Gasteiger partial charge in [-0.15, -0.1) is 0 Å². The molecule has 0 spiro atoms. The Labute approximate surface area is 163 Å². The van der Waals surface area contributed by atoms with Crippen LogP contribution in [-0.2, 0) is 4.79 Å². The molecular weight excluding hydrogens is 342 g/mol. The summed E-state index contributed by atoms with van der Waals surface area (Å²) in [6.45, 7) is 1.74. The molecule has 0 rings (SSSR count). The molecule has 0 aliphatic carbocycles. The average molecular weight is 375 g/mol. The summed E-state index contributed by atoms with van der Waals surface area (Å²) in [5, 5.41) is 20.5. The van der Waals surface area contributed by atoms with Gasteiger partial charge in [0, 0.05) is 17.8 Å². The lowest BCUT2D eigenvalue weighted by atomic mass is 10.1. The van der Waals surface area contributed by atoms with Crippen LogP contribution >= 0.6 is 0 Å². The summed E-state index contributed by atoms with van der Waals surface area (Å²) in [7, 11) is 0. The predicted octanol–water partition coefficient (Wildman–Crippen LogP) is 5.02. The van der Waals surface area contributed by atoms with E-state index < -0.39 is 17.1 Å². The van der Waals surface area contributed by atoms with Crippen molar-refractivity contribution in [3.05, 3.63) is 70.9 Å². The van der Waals surface area contributed by atoms with E-state index in [9.17, 15) is 20.0 Å². The molecule has 0 heterocycles. The molecule has 0 aromatic rings. The molecule has 0 aliphatic heterocycles. The normalized spacial score (nSPS) is 14.9. The Balaban J connectivity index is 3.79. The van der Waals surface area contributed by atoms with Gasteiger partial charge in [0.2, 0.25) is 6.04 Å². The SMILES string of the molecule is CCC(O)C(C/C=C\C/C=C\C/C=C\C/C=C\C/C=C\CC[C]=O)[N+](=O)[O-]. The number of nitro groups is 1. The van der Waals surface area contributed by atoms with Crippen molar-refractivity contribution in [3.63, 3.8) is 0 Å². The number of hydrogen-bond donors (Lipinski definition) is 1. The second kappa shape index (κ2) is 18.5. The molecule has 0 saturated carbocycles. The second-order valence-electron chi connectivity index (χ2n) is 6.05. The first-order valence-corrected chi connectivity index (χ1v) is 9.55. The summed E-state index contributed by atoms with van der Waals surface area (Å²) in [6.07, 6.45) is 26.4. The van der Waals surface area contributed by atoms with Crippen LogP contribution < -0.4 is 0 Å². The van der Waals surface area contributed by atoms with Crippen LogP contribution in [-0.4, -0.2) is 28.5 Å². The fraction of sp³-hybridized carbons (Fsp3) is 0.500.